The Morgan fingerprint density at radius 2 is 2.00 bits per heavy atom. The van der Waals surface area contributed by atoms with Gasteiger partial charge in [0.2, 0.25) is 5.10 Å². The molecule has 2 aromatic heterocycles. The number of nitrogens with one attached hydrogen (secondary N) is 1. The van der Waals surface area contributed by atoms with Gasteiger partial charge in [0.25, 0.3) is 5.52 Å². The van der Waals surface area contributed by atoms with Crippen LogP contribution in [0.3, 0.4) is 0 Å². The van der Waals surface area contributed by atoms with Gasteiger partial charge in [-0.2, -0.15) is 0 Å². The Morgan fingerprint density at radius 3 is 2.75 bits per heavy atom. The van der Waals surface area contributed by atoms with Crippen molar-refractivity contribution in [3.63, 3.8) is 0 Å². The average molecular weight is 290 g/mol. The van der Waals surface area contributed by atoms with Crippen molar-refractivity contribution in [1.82, 2.24) is 10.1 Å². The van der Waals surface area contributed by atoms with Crippen LogP contribution in [0.25, 0.3) is 11.0 Å². The Balaban J connectivity index is 2.14. The monoisotopic (exact) mass is 289 g/mol. The van der Waals surface area contributed by atoms with E-state index < -0.39 is 0 Å². The lowest BCUT2D eigenvalue weighted by Gasteiger charge is -2.09. The molecular formula is C12H8ClN5O2. The second-order valence-corrected chi connectivity index (χ2v) is 4.43. The standard InChI is InChI=1S/C12H8ClN5O2/c13-8-3-4-10-11(6-8)17(19)12(16-18(10)20)15-9-2-1-5-14-7-9/h1-7H,(H,15,16). The van der Waals surface area contributed by atoms with Crippen molar-refractivity contribution in [3.05, 3.63) is 58.2 Å². The van der Waals surface area contributed by atoms with Crippen molar-refractivity contribution in [2.45, 2.75) is 0 Å². The minimum absolute atomic E-state index is 0.133. The Morgan fingerprint density at radius 1 is 1.15 bits per heavy atom. The molecule has 0 unspecified atom stereocenters. The smallest absolute Gasteiger partial charge is 0.465 e. The lowest BCUT2D eigenvalue weighted by Crippen LogP contribution is -2.43. The normalized spacial score (nSPS) is 10.7. The fourth-order valence-corrected chi connectivity index (χ4v) is 1.92. The van der Waals surface area contributed by atoms with Crippen molar-refractivity contribution in [3.8, 4) is 0 Å². The van der Waals surface area contributed by atoms with E-state index in [4.69, 9.17) is 11.6 Å². The Labute approximate surface area is 118 Å². The zero-order valence-electron chi connectivity index (χ0n) is 10.0. The molecule has 0 radical (unpaired) electrons. The predicted molar refractivity (Wildman–Crippen MR) is 72.2 cm³/mol. The van der Waals surface area contributed by atoms with Gasteiger partial charge in [0.05, 0.1) is 6.20 Å². The summed E-state index contributed by atoms with van der Waals surface area (Å²) in [5, 5.41) is 30.8. The third-order valence-corrected chi connectivity index (χ3v) is 2.89. The number of halogens is 1. The van der Waals surface area contributed by atoms with E-state index in [0.717, 1.165) is 0 Å². The van der Waals surface area contributed by atoms with Crippen molar-refractivity contribution in [1.29, 1.82) is 0 Å². The molecule has 0 aliphatic carbocycles. The quantitative estimate of drug-likeness (QED) is 0.567. The molecule has 100 valence electrons. The second-order valence-electron chi connectivity index (χ2n) is 3.99. The highest BCUT2D eigenvalue weighted by molar-refractivity contribution is 6.31. The maximum atomic E-state index is 12.2. The third kappa shape index (κ3) is 2.14. The summed E-state index contributed by atoms with van der Waals surface area (Å²) in [6.45, 7) is 0. The van der Waals surface area contributed by atoms with Gasteiger partial charge in [0.1, 0.15) is 5.69 Å². The third-order valence-electron chi connectivity index (χ3n) is 2.66. The molecule has 2 heterocycles. The minimum atomic E-state index is -0.150. The largest absolute Gasteiger partial charge is 0.739 e. The summed E-state index contributed by atoms with van der Waals surface area (Å²) in [6, 6.07) is 7.77. The maximum absolute atomic E-state index is 12.2. The molecule has 0 saturated heterocycles. The van der Waals surface area contributed by atoms with E-state index in [1.54, 1.807) is 18.3 Å². The van der Waals surface area contributed by atoms with Crippen molar-refractivity contribution in [2.24, 2.45) is 0 Å². The first-order valence-corrected chi connectivity index (χ1v) is 6.02. The van der Waals surface area contributed by atoms with E-state index >= 15 is 0 Å². The first-order valence-electron chi connectivity index (χ1n) is 5.65. The van der Waals surface area contributed by atoms with Crippen LogP contribution in [0.1, 0.15) is 0 Å². The summed E-state index contributed by atoms with van der Waals surface area (Å²) in [5.74, 6) is -0.150. The number of aromatic nitrogens is 4. The van der Waals surface area contributed by atoms with Gasteiger partial charge in [-0.1, -0.05) is 11.6 Å². The maximum Gasteiger partial charge on any atom is 0.465 e. The Hall–Kier alpha value is -2.67. The molecule has 0 atom stereocenters. The van der Waals surface area contributed by atoms with Gasteiger partial charge in [-0.15, -0.1) is 0 Å². The van der Waals surface area contributed by atoms with E-state index in [-0.39, 0.29) is 17.0 Å². The van der Waals surface area contributed by atoms with Crippen molar-refractivity contribution < 1.29 is 9.58 Å². The lowest BCUT2D eigenvalue weighted by molar-refractivity contribution is -0.672. The van der Waals surface area contributed by atoms with Crippen LogP contribution in [0.2, 0.25) is 5.02 Å². The van der Waals surface area contributed by atoms with Crippen LogP contribution in [0.15, 0.2) is 42.7 Å². The Kier molecular flexibility index (Phi) is 2.96. The van der Waals surface area contributed by atoms with Crippen LogP contribution < -0.4 is 14.9 Å². The molecule has 0 bridgehead atoms. The highest BCUT2D eigenvalue weighted by Gasteiger charge is 2.20. The molecule has 3 rings (SSSR count). The van der Waals surface area contributed by atoms with Gasteiger partial charge in [-0.3, -0.25) is 4.98 Å². The number of fused-ring (bicyclic) bond motifs is 1. The van der Waals surface area contributed by atoms with Gasteiger partial charge < -0.3 is 10.4 Å². The summed E-state index contributed by atoms with van der Waals surface area (Å²) < 4.78 is 0.516. The SMILES string of the molecule is [O-][n+]1nc(Nc2cccnc2)[n+]([O-])c2cc(Cl)ccc21. The fraction of sp³-hybridized carbons (Fsp3) is 0. The van der Waals surface area contributed by atoms with E-state index in [9.17, 15) is 10.4 Å². The molecular weight excluding hydrogens is 282 g/mol. The summed E-state index contributed by atoms with van der Waals surface area (Å²) in [4.78, 5) is 4.28. The molecule has 8 heteroatoms. The summed E-state index contributed by atoms with van der Waals surface area (Å²) in [5.41, 5.74) is 0.820. The number of anilines is 2. The topological polar surface area (TPSA) is 91.7 Å². The number of hydrogen-bond donors (Lipinski definition) is 1. The molecule has 20 heavy (non-hydrogen) atoms. The van der Waals surface area contributed by atoms with Gasteiger partial charge in [0.15, 0.2) is 5.52 Å². The number of benzene rings is 1. The summed E-state index contributed by atoms with van der Waals surface area (Å²) in [6.07, 6.45) is 3.11. The second kappa shape index (κ2) is 4.78. The van der Waals surface area contributed by atoms with Crippen LogP contribution in [0, 0.1) is 10.4 Å². The number of rotatable bonds is 2. The first-order chi connectivity index (χ1) is 9.65. The van der Waals surface area contributed by atoms with Gasteiger partial charge in [0, 0.05) is 28.2 Å². The van der Waals surface area contributed by atoms with Crippen LogP contribution in [0.4, 0.5) is 11.6 Å². The number of nitrogens with zero attached hydrogens (tertiary/aromatic N) is 4. The number of hydrogen-bond acceptors (Lipinski definition) is 5. The fourth-order valence-electron chi connectivity index (χ4n) is 1.76. The van der Waals surface area contributed by atoms with Crippen LogP contribution in [-0.2, 0) is 0 Å². The van der Waals surface area contributed by atoms with E-state index in [1.165, 1.54) is 24.4 Å². The highest BCUT2D eigenvalue weighted by Crippen LogP contribution is 2.15. The molecule has 0 spiro atoms. The predicted octanol–water partition coefficient (Wildman–Crippen LogP) is 1.29. The van der Waals surface area contributed by atoms with Crippen LogP contribution >= 0.6 is 11.6 Å². The minimum Gasteiger partial charge on any atom is -0.739 e. The number of pyridine rings is 1. The highest BCUT2D eigenvalue weighted by atomic mass is 35.5. The molecule has 3 aromatic rings. The molecule has 0 aliphatic heterocycles. The van der Waals surface area contributed by atoms with E-state index in [2.05, 4.69) is 15.4 Å². The van der Waals surface area contributed by atoms with Gasteiger partial charge in [-0.25, -0.2) is 10.0 Å². The average Bonchev–Trinajstić information content (AvgIpc) is 2.45. The molecule has 1 aromatic carbocycles. The first kappa shape index (κ1) is 12.4. The molecule has 7 nitrogen and oxygen atoms in total. The molecule has 0 fully saturated rings. The van der Waals surface area contributed by atoms with Gasteiger partial charge >= 0.3 is 5.95 Å². The van der Waals surface area contributed by atoms with Crippen molar-refractivity contribution in [2.75, 3.05) is 5.32 Å². The summed E-state index contributed by atoms with van der Waals surface area (Å²) in [7, 11) is 0. The van der Waals surface area contributed by atoms with E-state index in [1.807, 2.05) is 0 Å². The zero-order chi connectivity index (χ0) is 14.1. The van der Waals surface area contributed by atoms with E-state index in [0.29, 0.717) is 20.3 Å². The zero-order valence-corrected chi connectivity index (χ0v) is 10.8. The van der Waals surface area contributed by atoms with Gasteiger partial charge in [-0.05, 0) is 18.2 Å². The van der Waals surface area contributed by atoms with Crippen molar-refractivity contribution >= 4 is 34.3 Å². The molecule has 0 aliphatic rings. The molecule has 0 saturated carbocycles. The lowest BCUT2D eigenvalue weighted by atomic mass is 10.3. The molecule has 0 amide bonds. The Bertz CT molecular complexity index is 782. The van der Waals surface area contributed by atoms with Crippen LogP contribution in [-0.4, -0.2) is 10.1 Å². The van der Waals surface area contributed by atoms with Crippen LogP contribution in [0.5, 0.6) is 0 Å². The summed E-state index contributed by atoms with van der Waals surface area (Å²) >= 11 is 5.84. The molecule has 1 N–H and O–H groups in total.